The minimum absolute atomic E-state index is 0.0921. The molecule has 3 N–H and O–H groups in total. The molecular weight excluding hydrogens is 261 g/mol. The minimum Gasteiger partial charge on any atom is -0.389 e. The Balaban J connectivity index is 1.92. The van der Waals surface area contributed by atoms with Gasteiger partial charge in [-0.1, -0.05) is 12.2 Å². The third kappa shape index (κ3) is 3.64. The van der Waals surface area contributed by atoms with Gasteiger partial charge in [-0.3, -0.25) is 4.90 Å². The molecule has 1 aromatic carbocycles. The Kier molecular flexibility index (Phi) is 4.71. The summed E-state index contributed by atoms with van der Waals surface area (Å²) >= 11 is 4.78. The third-order valence-electron chi connectivity index (χ3n) is 3.60. The molecule has 1 aliphatic heterocycles. The first-order chi connectivity index (χ1) is 9.08. The van der Waals surface area contributed by atoms with Crippen LogP contribution in [0.1, 0.15) is 25.3 Å². The van der Waals surface area contributed by atoms with E-state index in [1.165, 1.54) is 18.9 Å². The van der Waals surface area contributed by atoms with Gasteiger partial charge in [0.25, 0.3) is 0 Å². The van der Waals surface area contributed by atoms with E-state index in [0.29, 0.717) is 11.6 Å². The standard InChI is InChI=1S/C14H20FN3S/c1-10(18-6-2-3-7-18)9-17-11-4-5-12(14(16)19)13(15)8-11/h4-5,8,10,17H,2-3,6-7,9H2,1H3,(H2,16,19). The summed E-state index contributed by atoms with van der Waals surface area (Å²) in [5.41, 5.74) is 6.50. The van der Waals surface area contributed by atoms with Gasteiger partial charge in [-0.25, -0.2) is 4.39 Å². The molecule has 2 rings (SSSR count). The normalized spacial score (nSPS) is 17.4. The molecule has 0 amide bonds. The van der Waals surface area contributed by atoms with Crippen molar-refractivity contribution in [2.45, 2.75) is 25.8 Å². The molecule has 19 heavy (non-hydrogen) atoms. The summed E-state index contributed by atoms with van der Waals surface area (Å²) in [4.78, 5) is 2.54. The Bertz CT molecular complexity index is 458. The van der Waals surface area contributed by atoms with Gasteiger partial charge in [0.05, 0.1) is 0 Å². The highest BCUT2D eigenvalue weighted by Gasteiger charge is 2.17. The molecule has 0 aromatic heterocycles. The first kappa shape index (κ1) is 14.2. The van der Waals surface area contributed by atoms with E-state index in [0.717, 1.165) is 25.3 Å². The lowest BCUT2D eigenvalue weighted by atomic mass is 10.2. The maximum absolute atomic E-state index is 13.7. The summed E-state index contributed by atoms with van der Waals surface area (Å²) < 4.78 is 13.7. The molecule has 0 radical (unpaired) electrons. The van der Waals surface area contributed by atoms with Crippen molar-refractivity contribution >= 4 is 22.9 Å². The predicted octanol–water partition coefficient (Wildman–Crippen LogP) is 2.36. The molecule has 1 fully saturated rings. The van der Waals surface area contributed by atoms with Gasteiger partial charge < -0.3 is 11.1 Å². The maximum Gasteiger partial charge on any atom is 0.135 e. The summed E-state index contributed by atoms with van der Waals surface area (Å²) in [6, 6.07) is 5.35. The van der Waals surface area contributed by atoms with Crippen LogP contribution >= 0.6 is 12.2 Å². The fourth-order valence-electron chi connectivity index (χ4n) is 2.40. The molecule has 1 aromatic rings. The van der Waals surface area contributed by atoms with E-state index in [9.17, 15) is 4.39 Å². The highest BCUT2D eigenvalue weighted by Crippen LogP contribution is 2.16. The molecule has 104 valence electrons. The molecule has 1 aliphatic rings. The summed E-state index contributed by atoms with van der Waals surface area (Å²) in [7, 11) is 0. The SMILES string of the molecule is CC(CNc1ccc(C(N)=S)c(F)c1)N1CCCC1. The van der Waals surface area contributed by atoms with Crippen LogP contribution in [0.3, 0.4) is 0 Å². The van der Waals surface area contributed by atoms with Crippen LogP contribution in [-0.2, 0) is 0 Å². The van der Waals surface area contributed by atoms with Gasteiger partial charge in [-0.2, -0.15) is 0 Å². The maximum atomic E-state index is 13.7. The van der Waals surface area contributed by atoms with Gasteiger partial charge in [0, 0.05) is 23.8 Å². The molecule has 0 saturated carbocycles. The number of likely N-dealkylation sites (tertiary alicyclic amines) is 1. The van der Waals surface area contributed by atoms with E-state index in [-0.39, 0.29) is 10.8 Å². The number of nitrogens with one attached hydrogen (secondary N) is 1. The monoisotopic (exact) mass is 281 g/mol. The number of nitrogens with zero attached hydrogens (tertiary/aromatic N) is 1. The van der Waals surface area contributed by atoms with Crippen LogP contribution in [0.4, 0.5) is 10.1 Å². The molecule has 5 heteroatoms. The van der Waals surface area contributed by atoms with Gasteiger partial charge >= 0.3 is 0 Å². The van der Waals surface area contributed by atoms with E-state index in [4.69, 9.17) is 18.0 Å². The van der Waals surface area contributed by atoms with Crippen molar-refractivity contribution < 1.29 is 4.39 Å². The van der Waals surface area contributed by atoms with Crippen LogP contribution in [0.5, 0.6) is 0 Å². The number of hydrogen-bond donors (Lipinski definition) is 2. The van der Waals surface area contributed by atoms with E-state index in [2.05, 4.69) is 17.1 Å². The molecule has 0 spiro atoms. The molecule has 0 bridgehead atoms. The lowest BCUT2D eigenvalue weighted by molar-refractivity contribution is 0.269. The first-order valence-corrected chi connectivity index (χ1v) is 7.06. The second kappa shape index (κ2) is 6.30. The first-order valence-electron chi connectivity index (χ1n) is 6.65. The smallest absolute Gasteiger partial charge is 0.135 e. The second-order valence-electron chi connectivity index (χ2n) is 5.03. The van der Waals surface area contributed by atoms with Crippen LogP contribution in [-0.4, -0.2) is 35.6 Å². The summed E-state index contributed by atoms with van der Waals surface area (Å²) in [6.45, 7) is 5.33. The molecule has 1 saturated heterocycles. The summed E-state index contributed by atoms with van der Waals surface area (Å²) in [5.74, 6) is -0.369. The largest absolute Gasteiger partial charge is 0.389 e. The van der Waals surface area contributed by atoms with Crippen LogP contribution in [0, 0.1) is 5.82 Å². The number of nitrogens with two attached hydrogens (primary N) is 1. The quantitative estimate of drug-likeness (QED) is 0.813. The molecule has 1 heterocycles. The zero-order chi connectivity index (χ0) is 13.8. The van der Waals surface area contributed by atoms with Gasteiger partial charge in [0.15, 0.2) is 0 Å². The molecule has 1 unspecified atom stereocenters. The minimum atomic E-state index is -0.369. The average Bonchev–Trinajstić information content (AvgIpc) is 2.89. The molecule has 0 aliphatic carbocycles. The fraction of sp³-hybridized carbons (Fsp3) is 0.500. The van der Waals surface area contributed by atoms with Crippen LogP contribution in [0.2, 0.25) is 0 Å². The van der Waals surface area contributed by atoms with Crippen LogP contribution < -0.4 is 11.1 Å². The Morgan fingerprint density at radius 1 is 1.47 bits per heavy atom. The average molecular weight is 281 g/mol. The Labute approximate surface area is 119 Å². The lowest BCUT2D eigenvalue weighted by Crippen LogP contribution is -2.35. The Hall–Kier alpha value is -1.20. The third-order valence-corrected chi connectivity index (χ3v) is 3.82. The topological polar surface area (TPSA) is 41.3 Å². The summed E-state index contributed by atoms with van der Waals surface area (Å²) in [6.07, 6.45) is 2.56. The number of rotatable bonds is 5. The highest BCUT2D eigenvalue weighted by molar-refractivity contribution is 7.80. The predicted molar refractivity (Wildman–Crippen MR) is 81.0 cm³/mol. The van der Waals surface area contributed by atoms with E-state index >= 15 is 0 Å². The van der Waals surface area contributed by atoms with Gasteiger partial charge in [-0.05, 0) is 51.1 Å². The van der Waals surface area contributed by atoms with Crippen molar-refractivity contribution in [1.29, 1.82) is 0 Å². The number of anilines is 1. The van der Waals surface area contributed by atoms with Crippen LogP contribution in [0.25, 0.3) is 0 Å². The lowest BCUT2D eigenvalue weighted by Gasteiger charge is -2.24. The van der Waals surface area contributed by atoms with E-state index < -0.39 is 0 Å². The van der Waals surface area contributed by atoms with Crippen molar-refractivity contribution in [3.63, 3.8) is 0 Å². The van der Waals surface area contributed by atoms with Gasteiger partial charge in [0.1, 0.15) is 10.8 Å². The second-order valence-corrected chi connectivity index (χ2v) is 5.47. The zero-order valence-electron chi connectivity index (χ0n) is 11.2. The number of halogens is 1. The zero-order valence-corrected chi connectivity index (χ0v) is 12.0. The van der Waals surface area contributed by atoms with Crippen molar-refractivity contribution in [1.82, 2.24) is 4.90 Å². The highest BCUT2D eigenvalue weighted by atomic mass is 32.1. The fourth-order valence-corrected chi connectivity index (χ4v) is 2.57. The van der Waals surface area contributed by atoms with Crippen molar-refractivity contribution in [3.8, 4) is 0 Å². The summed E-state index contributed by atoms with van der Waals surface area (Å²) in [5, 5.41) is 3.26. The number of benzene rings is 1. The number of hydrogen-bond acceptors (Lipinski definition) is 3. The van der Waals surface area contributed by atoms with Gasteiger partial charge in [-0.15, -0.1) is 0 Å². The van der Waals surface area contributed by atoms with E-state index in [1.807, 2.05) is 6.07 Å². The Morgan fingerprint density at radius 2 is 2.16 bits per heavy atom. The number of thiocarbonyl (C=S) groups is 1. The van der Waals surface area contributed by atoms with Crippen molar-refractivity contribution in [2.75, 3.05) is 25.0 Å². The Morgan fingerprint density at radius 3 is 2.74 bits per heavy atom. The van der Waals surface area contributed by atoms with Crippen molar-refractivity contribution in [3.05, 3.63) is 29.6 Å². The molecular formula is C14H20FN3S. The molecule has 3 nitrogen and oxygen atoms in total. The molecule has 1 atom stereocenters. The van der Waals surface area contributed by atoms with Crippen LogP contribution in [0.15, 0.2) is 18.2 Å². The van der Waals surface area contributed by atoms with Gasteiger partial charge in [0.2, 0.25) is 0 Å². The van der Waals surface area contributed by atoms with E-state index in [1.54, 1.807) is 6.07 Å². The van der Waals surface area contributed by atoms with Crippen molar-refractivity contribution in [2.24, 2.45) is 5.73 Å².